The lowest BCUT2D eigenvalue weighted by Gasteiger charge is -2.29. The fourth-order valence-electron chi connectivity index (χ4n) is 2.99. The summed E-state index contributed by atoms with van der Waals surface area (Å²) in [6.45, 7) is 5.75. The molecule has 0 amide bonds. The second-order valence-electron chi connectivity index (χ2n) is 5.59. The van der Waals surface area contributed by atoms with E-state index in [2.05, 4.69) is 15.2 Å². The predicted octanol–water partition coefficient (Wildman–Crippen LogP) is 1.81. The highest BCUT2D eigenvalue weighted by Crippen LogP contribution is 2.30. The molecule has 1 aliphatic heterocycles. The molecular formula is C16H21N5O2. The number of imidazole rings is 1. The van der Waals surface area contributed by atoms with Gasteiger partial charge in [0.15, 0.2) is 0 Å². The van der Waals surface area contributed by atoms with Crippen molar-refractivity contribution in [2.24, 2.45) is 0 Å². The van der Waals surface area contributed by atoms with E-state index in [9.17, 15) is 10.1 Å². The molecule has 2 heterocycles. The van der Waals surface area contributed by atoms with Crippen LogP contribution in [-0.2, 0) is 13.0 Å². The Morgan fingerprint density at radius 3 is 2.57 bits per heavy atom. The number of benzene rings is 1. The molecule has 0 spiro atoms. The van der Waals surface area contributed by atoms with Crippen LogP contribution in [0.4, 0.5) is 11.6 Å². The third kappa shape index (κ3) is 3.19. The smallest absolute Gasteiger partial charge is 0.358 e. The average molecular weight is 315 g/mol. The number of aromatic nitrogens is 2. The van der Waals surface area contributed by atoms with Gasteiger partial charge in [-0.25, -0.2) is 0 Å². The Hall–Kier alpha value is -2.41. The molecular weight excluding hydrogens is 294 g/mol. The number of anilines is 1. The molecule has 1 aromatic heterocycles. The van der Waals surface area contributed by atoms with E-state index >= 15 is 0 Å². The van der Waals surface area contributed by atoms with Crippen LogP contribution in [0.5, 0.6) is 0 Å². The number of nitro groups is 1. The second kappa shape index (κ2) is 6.78. The van der Waals surface area contributed by atoms with E-state index in [1.807, 2.05) is 41.8 Å². The number of piperazine rings is 1. The van der Waals surface area contributed by atoms with Crippen molar-refractivity contribution in [3.8, 4) is 0 Å². The van der Waals surface area contributed by atoms with Crippen molar-refractivity contribution in [2.75, 3.05) is 31.1 Å². The van der Waals surface area contributed by atoms with E-state index in [1.54, 1.807) is 0 Å². The lowest BCUT2D eigenvalue weighted by molar-refractivity contribution is -0.388. The lowest BCUT2D eigenvalue weighted by Crippen LogP contribution is -2.44. The summed E-state index contributed by atoms with van der Waals surface area (Å²) in [7, 11) is 0. The Morgan fingerprint density at radius 2 is 1.96 bits per heavy atom. The first-order chi connectivity index (χ1) is 11.2. The molecule has 122 valence electrons. The van der Waals surface area contributed by atoms with Crippen molar-refractivity contribution in [1.29, 1.82) is 0 Å². The fraction of sp³-hybridized carbons (Fsp3) is 0.438. The molecule has 1 saturated heterocycles. The van der Waals surface area contributed by atoms with Crippen molar-refractivity contribution < 1.29 is 4.92 Å². The van der Waals surface area contributed by atoms with Crippen LogP contribution in [0.15, 0.2) is 30.3 Å². The van der Waals surface area contributed by atoms with Gasteiger partial charge in [0.2, 0.25) is 11.6 Å². The van der Waals surface area contributed by atoms with Crippen molar-refractivity contribution in [2.45, 2.75) is 19.9 Å². The van der Waals surface area contributed by atoms with Gasteiger partial charge in [-0.3, -0.25) is 4.57 Å². The monoisotopic (exact) mass is 315 g/mol. The molecule has 0 atom stereocenters. The van der Waals surface area contributed by atoms with Crippen molar-refractivity contribution in [3.63, 3.8) is 0 Å². The molecule has 0 radical (unpaired) electrons. The van der Waals surface area contributed by atoms with Gasteiger partial charge in [0, 0.05) is 32.6 Å². The van der Waals surface area contributed by atoms with Gasteiger partial charge < -0.3 is 20.3 Å². The summed E-state index contributed by atoms with van der Waals surface area (Å²) in [5.41, 5.74) is 1.12. The highest BCUT2D eigenvalue weighted by molar-refractivity contribution is 5.57. The summed E-state index contributed by atoms with van der Waals surface area (Å²) in [6.07, 6.45) is 0.666. The maximum atomic E-state index is 11.5. The molecule has 1 aromatic carbocycles. The Labute approximate surface area is 135 Å². The van der Waals surface area contributed by atoms with Crippen LogP contribution in [-0.4, -0.2) is 40.7 Å². The van der Waals surface area contributed by atoms with Crippen LogP contribution >= 0.6 is 0 Å². The zero-order valence-electron chi connectivity index (χ0n) is 13.2. The molecule has 23 heavy (non-hydrogen) atoms. The van der Waals surface area contributed by atoms with Crippen molar-refractivity contribution >= 4 is 11.6 Å². The highest BCUT2D eigenvalue weighted by atomic mass is 16.6. The summed E-state index contributed by atoms with van der Waals surface area (Å²) < 4.78 is 2.00. The van der Waals surface area contributed by atoms with Crippen LogP contribution < -0.4 is 10.2 Å². The molecule has 7 heteroatoms. The molecule has 1 aliphatic rings. The largest absolute Gasteiger partial charge is 0.406 e. The number of hydrogen-bond donors (Lipinski definition) is 1. The van der Waals surface area contributed by atoms with Crippen molar-refractivity contribution in [3.05, 3.63) is 51.8 Å². The first-order valence-electron chi connectivity index (χ1n) is 7.94. The van der Waals surface area contributed by atoms with Gasteiger partial charge in [-0.15, -0.1) is 0 Å². The quantitative estimate of drug-likeness (QED) is 0.673. The molecule has 0 bridgehead atoms. The van der Waals surface area contributed by atoms with Gasteiger partial charge in [-0.1, -0.05) is 37.3 Å². The van der Waals surface area contributed by atoms with Crippen LogP contribution in [0.2, 0.25) is 0 Å². The first kappa shape index (κ1) is 15.5. The molecule has 0 unspecified atom stereocenters. The van der Waals surface area contributed by atoms with Gasteiger partial charge in [0.25, 0.3) is 0 Å². The van der Waals surface area contributed by atoms with Gasteiger partial charge in [-0.05, 0) is 15.5 Å². The molecule has 0 saturated carbocycles. The van der Waals surface area contributed by atoms with E-state index < -0.39 is 0 Å². The molecule has 1 N–H and O–H groups in total. The van der Waals surface area contributed by atoms with E-state index in [-0.39, 0.29) is 10.7 Å². The van der Waals surface area contributed by atoms with Gasteiger partial charge in [-0.2, -0.15) is 0 Å². The second-order valence-corrected chi connectivity index (χ2v) is 5.59. The van der Waals surface area contributed by atoms with Gasteiger partial charge >= 0.3 is 5.82 Å². The van der Waals surface area contributed by atoms with E-state index in [1.165, 1.54) is 0 Å². The number of rotatable bonds is 5. The first-order valence-corrected chi connectivity index (χ1v) is 7.94. The topological polar surface area (TPSA) is 76.2 Å². The van der Waals surface area contributed by atoms with Crippen LogP contribution in [0.3, 0.4) is 0 Å². The Balaban J connectivity index is 2.05. The molecule has 2 aromatic rings. The summed E-state index contributed by atoms with van der Waals surface area (Å²) in [5.74, 6) is 1.37. The zero-order valence-corrected chi connectivity index (χ0v) is 13.2. The van der Waals surface area contributed by atoms with Crippen LogP contribution in [0.1, 0.15) is 18.3 Å². The van der Waals surface area contributed by atoms with E-state index in [4.69, 9.17) is 0 Å². The summed E-state index contributed by atoms with van der Waals surface area (Å²) >= 11 is 0. The highest BCUT2D eigenvalue weighted by Gasteiger charge is 2.31. The third-order valence-electron chi connectivity index (χ3n) is 4.09. The van der Waals surface area contributed by atoms with Gasteiger partial charge in [0.1, 0.15) is 0 Å². The predicted molar refractivity (Wildman–Crippen MR) is 88.9 cm³/mol. The van der Waals surface area contributed by atoms with E-state index in [0.717, 1.165) is 37.6 Å². The van der Waals surface area contributed by atoms with E-state index in [0.29, 0.717) is 18.8 Å². The summed E-state index contributed by atoms with van der Waals surface area (Å²) in [4.78, 5) is 17.5. The average Bonchev–Trinajstić information content (AvgIpc) is 2.95. The maximum Gasteiger partial charge on any atom is 0.406 e. The molecule has 3 rings (SSSR count). The SMILES string of the molecule is CCc1nc([N+](=O)[O-])c(N2CCNCC2)n1Cc1ccccc1. The minimum absolute atomic E-state index is 0.0281. The minimum Gasteiger partial charge on any atom is -0.358 e. The Bertz CT molecular complexity index is 677. The van der Waals surface area contributed by atoms with Gasteiger partial charge in [0.05, 0.1) is 6.54 Å². The molecule has 1 fully saturated rings. The maximum absolute atomic E-state index is 11.5. The van der Waals surface area contributed by atoms with Crippen LogP contribution in [0.25, 0.3) is 0 Å². The number of nitrogens with zero attached hydrogens (tertiary/aromatic N) is 4. The normalized spacial score (nSPS) is 14.9. The zero-order chi connectivity index (χ0) is 16.2. The molecule has 0 aliphatic carbocycles. The Morgan fingerprint density at radius 1 is 1.26 bits per heavy atom. The lowest BCUT2D eigenvalue weighted by atomic mass is 10.2. The third-order valence-corrected chi connectivity index (χ3v) is 4.09. The number of hydrogen-bond acceptors (Lipinski definition) is 5. The number of nitrogens with one attached hydrogen (secondary N) is 1. The summed E-state index contributed by atoms with van der Waals surface area (Å²) in [6, 6.07) is 10.0. The van der Waals surface area contributed by atoms with Crippen LogP contribution in [0, 0.1) is 10.1 Å². The standard InChI is InChI=1S/C16H21N5O2/c1-2-14-18-15(21(22)23)16(19-10-8-17-9-11-19)20(14)12-13-6-4-3-5-7-13/h3-7,17H,2,8-12H2,1H3. The fourth-order valence-corrected chi connectivity index (χ4v) is 2.99. The Kier molecular flexibility index (Phi) is 4.57. The number of aryl methyl sites for hydroxylation is 1. The summed E-state index contributed by atoms with van der Waals surface area (Å²) in [5, 5.41) is 14.8. The van der Waals surface area contributed by atoms with Crippen molar-refractivity contribution in [1.82, 2.24) is 14.9 Å². The molecule has 7 nitrogen and oxygen atoms in total. The minimum atomic E-state index is -0.363.